The molecule has 1 aromatic carbocycles. The average Bonchev–Trinajstić information content (AvgIpc) is 2.76. The smallest absolute Gasteiger partial charge is 0.257 e. The van der Waals surface area contributed by atoms with Crippen LogP contribution in [0.5, 0.6) is 5.75 Å². The van der Waals surface area contributed by atoms with Gasteiger partial charge in [-0.2, -0.15) is 0 Å². The molecule has 0 aromatic heterocycles. The summed E-state index contributed by atoms with van der Waals surface area (Å²) in [6, 6.07) is 4.97. The van der Waals surface area contributed by atoms with Crippen molar-refractivity contribution in [3.05, 3.63) is 28.2 Å². The summed E-state index contributed by atoms with van der Waals surface area (Å²) in [6.07, 6.45) is 1.02. The Balaban J connectivity index is 2.15. The number of carbonyl (C=O) groups excluding carboxylic acids is 1. The number of hydrogen-bond donors (Lipinski definition) is 1. The zero-order chi connectivity index (χ0) is 12.4. The van der Waals surface area contributed by atoms with Gasteiger partial charge in [0.1, 0.15) is 5.75 Å². The summed E-state index contributed by atoms with van der Waals surface area (Å²) in [5.74, 6) is 0.474. The predicted octanol–water partition coefficient (Wildman–Crippen LogP) is 3.01. The first-order valence-electron chi connectivity index (χ1n) is 5.45. The van der Waals surface area contributed by atoms with Gasteiger partial charge >= 0.3 is 0 Å². The van der Waals surface area contributed by atoms with Gasteiger partial charge in [0.25, 0.3) is 5.91 Å². The molecule has 1 aromatic rings. The Morgan fingerprint density at radius 1 is 1.53 bits per heavy atom. The second kappa shape index (κ2) is 5.40. The van der Waals surface area contributed by atoms with E-state index in [-0.39, 0.29) is 11.7 Å². The van der Waals surface area contributed by atoms with Crippen molar-refractivity contribution in [1.82, 2.24) is 4.90 Å². The number of aromatic hydroxyl groups is 1. The summed E-state index contributed by atoms with van der Waals surface area (Å²) in [7, 11) is 0. The molecule has 1 fully saturated rings. The molecule has 2 rings (SSSR count). The molecule has 92 valence electrons. The van der Waals surface area contributed by atoms with E-state index in [9.17, 15) is 9.90 Å². The van der Waals surface area contributed by atoms with Crippen LogP contribution in [0.15, 0.2) is 22.7 Å². The minimum Gasteiger partial charge on any atom is -0.507 e. The van der Waals surface area contributed by atoms with E-state index in [2.05, 4.69) is 31.9 Å². The van der Waals surface area contributed by atoms with Crippen LogP contribution < -0.4 is 0 Å². The van der Waals surface area contributed by atoms with Gasteiger partial charge in [0, 0.05) is 22.9 Å². The molecule has 1 aliphatic heterocycles. The van der Waals surface area contributed by atoms with Gasteiger partial charge in [-0.25, -0.2) is 0 Å². The Morgan fingerprint density at radius 3 is 2.88 bits per heavy atom. The zero-order valence-electron chi connectivity index (χ0n) is 9.20. The van der Waals surface area contributed by atoms with Gasteiger partial charge in [0.15, 0.2) is 0 Å². The van der Waals surface area contributed by atoms with Gasteiger partial charge < -0.3 is 10.0 Å². The standard InChI is InChI=1S/C12H13Br2NO2/c13-6-8-3-4-15(7-8)12(17)10-2-1-9(14)5-11(10)16/h1-2,5,8,16H,3-4,6-7H2. The quantitative estimate of drug-likeness (QED) is 0.821. The van der Waals surface area contributed by atoms with Crippen molar-refractivity contribution in [1.29, 1.82) is 0 Å². The van der Waals surface area contributed by atoms with Crippen LogP contribution in [0.1, 0.15) is 16.8 Å². The molecule has 1 N–H and O–H groups in total. The number of nitrogens with zero attached hydrogens (tertiary/aromatic N) is 1. The molecule has 0 aliphatic carbocycles. The number of phenolic OH excluding ortho intramolecular Hbond substituents is 1. The van der Waals surface area contributed by atoms with Crippen LogP contribution in [-0.2, 0) is 0 Å². The molecule has 1 heterocycles. The van der Waals surface area contributed by atoms with E-state index in [1.54, 1.807) is 23.1 Å². The Kier molecular flexibility index (Phi) is 4.09. The molecule has 3 nitrogen and oxygen atoms in total. The lowest BCUT2D eigenvalue weighted by Gasteiger charge is -2.16. The van der Waals surface area contributed by atoms with Gasteiger partial charge in [-0.05, 0) is 30.5 Å². The summed E-state index contributed by atoms with van der Waals surface area (Å²) in [5, 5.41) is 10.7. The number of alkyl halides is 1. The first-order valence-corrected chi connectivity index (χ1v) is 7.37. The monoisotopic (exact) mass is 361 g/mol. The van der Waals surface area contributed by atoms with Crippen molar-refractivity contribution in [2.24, 2.45) is 5.92 Å². The van der Waals surface area contributed by atoms with Crippen LogP contribution in [0, 0.1) is 5.92 Å². The van der Waals surface area contributed by atoms with Crippen molar-refractivity contribution in [3.63, 3.8) is 0 Å². The van der Waals surface area contributed by atoms with Gasteiger partial charge in [-0.3, -0.25) is 4.79 Å². The van der Waals surface area contributed by atoms with E-state index in [0.717, 1.165) is 29.3 Å². The van der Waals surface area contributed by atoms with Crippen molar-refractivity contribution in [2.45, 2.75) is 6.42 Å². The largest absolute Gasteiger partial charge is 0.507 e. The summed E-state index contributed by atoms with van der Waals surface area (Å²) >= 11 is 6.70. The molecule has 5 heteroatoms. The fraction of sp³-hybridized carbons (Fsp3) is 0.417. The lowest BCUT2D eigenvalue weighted by Crippen LogP contribution is -2.28. The van der Waals surface area contributed by atoms with Crippen LogP contribution in [0.25, 0.3) is 0 Å². The Labute approximate surface area is 117 Å². The van der Waals surface area contributed by atoms with Crippen molar-refractivity contribution >= 4 is 37.8 Å². The van der Waals surface area contributed by atoms with E-state index in [4.69, 9.17) is 0 Å². The van der Waals surface area contributed by atoms with Gasteiger partial charge in [-0.15, -0.1) is 0 Å². The highest BCUT2D eigenvalue weighted by atomic mass is 79.9. The fourth-order valence-corrected chi connectivity index (χ4v) is 2.88. The predicted molar refractivity (Wildman–Crippen MR) is 73.6 cm³/mol. The maximum Gasteiger partial charge on any atom is 0.257 e. The second-order valence-electron chi connectivity index (χ2n) is 4.22. The minimum absolute atomic E-state index is 0.0340. The van der Waals surface area contributed by atoms with Gasteiger partial charge in [0.2, 0.25) is 0 Å². The van der Waals surface area contributed by atoms with Gasteiger partial charge in [-0.1, -0.05) is 31.9 Å². The van der Waals surface area contributed by atoms with E-state index in [1.165, 1.54) is 0 Å². The number of benzene rings is 1. The number of phenols is 1. The molecule has 17 heavy (non-hydrogen) atoms. The van der Waals surface area contributed by atoms with E-state index in [1.807, 2.05) is 0 Å². The third-order valence-corrected chi connectivity index (χ3v) is 4.39. The first-order chi connectivity index (χ1) is 8.11. The number of halogens is 2. The van der Waals surface area contributed by atoms with Gasteiger partial charge in [0.05, 0.1) is 5.56 Å². The van der Waals surface area contributed by atoms with Crippen LogP contribution in [0.2, 0.25) is 0 Å². The topological polar surface area (TPSA) is 40.5 Å². The minimum atomic E-state index is -0.0848. The fourth-order valence-electron chi connectivity index (χ4n) is 2.00. The lowest BCUT2D eigenvalue weighted by molar-refractivity contribution is 0.0785. The van der Waals surface area contributed by atoms with Crippen LogP contribution >= 0.6 is 31.9 Å². The molecular weight excluding hydrogens is 350 g/mol. The Bertz CT molecular complexity index is 437. The first kappa shape index (κ1) is 12.9. The molecule has 1 amide bonds. The van der Waals surface area contributed by atoms with Crippen LogP contribution in [-0.4, -0.2) is 34.3 Å². The molecule has 1 unspecified atom stereocenters. The lowest BCUT2D eigenvalue weighted by atomic mass is 10.1. The number of carbonyl (C=O) groups is 1. The average molecular weight is 363 g/mol. The summed E-state index contributed by atoms with van der Waals surface area (Å²) in [4.78, 5) is 14.0. The molecule has 0 radical (unpaired) electrons. The van der Waals surface area contributed by atoms with Crippen molar-refractivity contribution in [2.75, 3.05) is 18.4 Å². The zero-order valence-corrected chi connectivity index (χ0v) is 12.4. The van der Waals surface area contributed by atoms with Crippen LogP contribution in [0.4, 0.5) is 0 Å². The van der Waals surface area contributed by atoms with Crippen LogP contribution in [0.3, 0.4) is 0 Å². The maximum absolute atomic E-state index is 12.2. The molecule has 1 atom stereocenters. The van der Waals surface area contributed by atoms with E-state index >= 15 is 0 Å². The summed E-state index contributed by atoms with van der Waals surface area (Å²) < 4.78 is 0.770. The third kappa shape index (κ3) is 2.83. The van der Waals surface area contributed by atoms with E-state index < -0.39 is 0 Å². The molecule has 0 spiro atoms. The highest BCUT2D eigenvalue weighted by Crippen LogP contribution is 2.26. The third-order valence-electron chi connectivity index (χ3n) is 2.98. The summed E-state index contributed by atoms with van der Waals surface area (Å²) in [6.45, 7) is 1.53. The van der Waals surface area contributed by atoms with E-state index in [0.29, 0.717) is 11.5 Å². The number of hydrogen-bond acceptors (Lipinski definition) is 2. The maximum atomic E-state index is 12.2. The molecule has 1 aliphatic rings. The Hall–Kier alpha value is -0.550. The second-order valence-corrected chi connectivity index (χ2v) is 5.78. The van der Waals surface area contributed by atoms with Crippen molar-refractivity contribution in [3.8, 4) is 5.75 Å². The number of amides is 1. The molecular formula is C12H13Br2NO2. The summed E-state index contributed by atoms with van der Waals surface area (Å²) in [5.41, 5.74) is 0.378. The number of rotatable bonds is 2. The number of likely N-dealkylation sites (tertiary alicyclic amines) is 1. The normalized spacial score (nSPS) is 19.6. The highest BCUT2D eigenvalue weighted by molar-refractivity contribution is 9.10. The molecule has 0 saturated carbocycles. The van der Waals surface area contributed by atoms with Crippen molar-refractivity contribution < 1.29 is 9.90 Å². The molecule has 1 saturated heterocycles. The Morgan fingerprint density at radius 2 is 2.29 bits per heavy atom. The molecule has 0 bridgehead atoms. The SMILES string of the molecule is O=C(c1ccc(Br)cc1O)N1CCC(CBr)C1. The highest BCUT2D eigenvalue weighted by Gasteiger charge is 2.27.